The van der Waals surface area contributed by atoms with Crippen LogP contribution < -0.4 is 4.90 Å². The highest BCUT2D eigenvalue weighted by Crippen LogP contribution is 2.25. The van der Waals surface area contributed by atoms with Crippen molar-refractivity contribution >= 4 is 5.69 Å². The fourth-order valence-electron chi connectivity index (χ4n) is 2.95. The minimum Gasteiger partial charge on any atom is -0.396 e. The van der Waals surface area contributed by atoms with Gasteiger partial charge in [0.15, 0.2) is 0 Å². The van der Waals surface area contributed by atoms with Crippen molar-refractivity contribution in [3.8, 4) is 0 Å². The topological polar surface area (TPSA) is 26.7 Å². The van der Waals surface area contributed by atoms with Crippen molar-refractivity contribution in [3.63, 3.8) is 0 Å². The molecule has 1 aromatic carbocycles. The molecule has 0 saturated carbocycles. The van der Waals surface area contributed by atoms with Crippen LogP contribution in [0.25, 0.3) is 0 Å². The summed E-state index contributed by atoms with van der Waals surface area (Å²) in [7, 11) is 2.19. The second-order valence-electron chi connectivity index (χ2n) is 5.84. The number of aliphatic hydroxyl groups is 1. The minimum atomic E-state index is 0.321. The Bertz CT molecular complexity index is 388. The van der Waals surface area contributed by atoms with Crippen molar-refractivity contribution in [2.24, 2.45) is 0 Å². The standard InChI is InChI=1S/C17H28N2O/c1-18(11-5-2-8-14-20)15-16-9-3-4-10-17(16)19-12-6-7-13-19/h3-4,9-10,20H,2,5-8,11-15H2,1H3. The Morgan fingerprint density at radius 3 is 2.60 bits per heavy atom. The quantitative estimate of drug-likeness (QED) is 0.740. The molecule has 1 aliphatic heterocycles. The molecule has 0 atom stereocenters. The number of anilines is 1. The molecule has 0 aromatic heterocycles. The Morgan fingerprint density at radius 1 is 1.10 bits per heavy atom. The third kappa shape index (κ3) is 4.50. The molecule has 1 heterocycles. The molecule has 1 aromatic rings. The maximum absolute atomic E-state index is 8.81. The van der Waals surface area contributed by atoms with Crippen LogP contribution in [0.2, 0.25) is 0 Å². The molecule has 0 spiro atoms. The van der Waals surface area contributed by atoms with Crippen LogP contribution in [0.1, 0.15) is 37.7 Å². The molecule has 1 N–H and O–H groups in total. The van der Waals surface area contributed by atoms with Crippen molar-refractivity contribution in [2.45, 2.75) is 38.6 Å². The van der Waals surface area contributed by atoms with Gasteiger partial charge in [-0.05, 0) is 57.3 Å². The average molecular weight is 276 g/mol. The SMILES string of the molecule is CN(CCCCCO)Cc1ccccc1N1CCCC1. The van der Waals surface area contributed by atoms with E-state index in [4.69, 9.17) is 5.11 Å². The molecule has 1 fully saturated rings. The monoisotopic (exact) mass is 276 g/mol. The van der Waals surface area contributed by atoms with Gasteiger partial charge in [-0.3, -0.25) is 0 Å². The van der Waals surface area contributed by atoms with Crippen LogP contribution in [0.15, 0.2) is 24.3 Å². The van der Waals surface area contributed by atoms with Crippen molar-refractivity contribution in [1.82, 2.24) is 4.90 Å². The molecule has 3 nitrogen and oxygen atoms in total. The third-order valence-electron chi connectivity index (χ3n) is 4.08. The molecule has 0 aliphatic carbocycles. The van der Waals surface area contributed by atoms with Gasteiger partial charge in [0.2, 0.25) is 0 Å². The van der Waals surface area contributed by atoms with Gasteiger partial charge < -0.3 is 14.9 Å². The number of hydrogen-bond acceptors (Lipinski definition) is 3. The molecule has 0 unspecified atom stereocenters. The van der Waals surface area contributed by atoms with Crippen LogP contribution in [0, 0.1) is 0 Å². The number of aliphatic hydroxyl groups excluding tert-OH is 1. The minimum absolute atomic E-state index is 0.321. The summed E-state index contributed by atoms with van der Waals surface area (Å²) in [5.74, 6) is 0. The van der Waals surface area contributed by atoms with E-state index in [2.05, 4.69) is 41.1 Å². The number of nitrogens with zero attached hydrogens (tertiary/aromatic N) is 2. The lowest BCUT2D eigenvalue weighted by Crippen LogP contribution is -2.23. The van der Waals surface area contributed by atoms with E-state index in [0.717, 1.165) is 25.9 Å². The van der Waals surface area contributed by atoms with E-state index in [-0.39, 0.29) is 0 Å². The first kappa shape index (κ1) is 15.3. The van der Waals surface area contributed by atoms with Gasteiger partial charge in [0.25, 0.3) is 0 Å². The van der Waals surface area contributed by atoms with Gasteiger partial charge >= 0.3 is 0 Å². The highest BCUT2D eigenvalue weighted by molar-refractivity contribution is 5.54. The lowest BCUT2D eigenvalue weighted by molar-refractivity contribution is 0.271. The lowest BCUT2D eigenvalue weighted by atomic mass is 10.1. The summed E-state index contributed by atoms with van der Waals surface area (Å²) < 4.78 is 0. The van der Waals surface area contributed by atoms with Gasteiger partial charge in [-0.25, -0.2) is 0 Å². The van der Waals surface area contributed by atoms with E-state index in [1.807, 2.05) is 0 Å². The number of para-hydroxylation sites is 1. The number of rotatable bonds is 8. The molecule has 1 aliphatic rings. The Morgan fingerprint density at radius 2 is 1.85 bits per heavy atom. The van der Waals surface area contributed by atoms with Gasteiger partial charge in [0, 0.05) is 31.9 Å². The normalized spacial score (nSPS) is 15.2. The lowest BCUT2D eigenvalue weighted by Gasteiger charge is -2.24. The zero-order valence-corrected chi connectivity index (χ0v) is 12.7. The Hall–Kier alpha value is -1.06. The zero-order valence-electron chi connectivity index (χ0n) is 12.7. The predicted molar refractivity (Wildman–Crippen MR) is 85.2 cm³/mol. The fourth-order valence-corrected chi connectivity index (χ4v) is 2.95. The fraction of sp³-hybridized carbons (Fsp3) is 0.647. The molecule has 2 rings (SSSR count). The van der Waals surface area contributed by atoms with E-state index in [0.29, 0.717) is 6.61 Å². The first-order valence-electron chi connectivity index (χ1n) is 7.93. The summed E-state index contributed by atoms with van der Waals surface area (Å²) in [6.07, 6.45) is 5.87. The first-order chi connectivity index (χ1) is 9.81. The molecule has 20 heavy (non-hydrogen) atoms. The Kier molecular flexibility index (Phi) is 6.34. The molecular weight excluding hydrogens is 248 g/mol. The third-order valence-corrected chi connectivity index (χ3v) is 4.08. The summed E-state index contributed by atoms with van der Waals surface area (Å²) >= 11 is 0. The van der Waals surface area contributed by atoms with E-state index in [1.54, 1.807) is 0 Å². The van der Waals surface area contributed by atoms with Crippen LogP contribution in [0.3, 0.4) is 0 Å². The number of benzene rings is 1. The van der Waals surface area contributed by atoms with Crippen LogP contribution in [-0.2, 0) is 6.54 Å². The molecule has 0 radical (unpaired) electrons. The van der Waals surface area contributed by atoms with Crippen LogP contribution in [0.5, 0.6) is 0 Å². The predicted octanol–water partition coefficient (Wildman–Crippen LogP) is 2.88. The second kappa shape index (κ2) is 8.28. The van der Waals surface area contributed by atoms with Crippen molar-refractivity contribution in [3.05, 3.63) is 29.8 Å². The van der Waals surface area contributed by atoms with Crippen molar-refractivity contribution in [2.75, 3.05) is 38.2 Å². The van der Waals surface area contributed by atoms with Crippen LogP contribution in [-0.4, -0.2) is 43.3 Å². The van der Waals surface area contributed by atoms with Crippen LogP contribution in [0.4, 0.5) is 5.69 Å². The van der Waals surface area contributed by atoms with E-state index in [1.165, 1.54) is 43.6 Å². The number of hydrogen-bond donors (Lipinski definition) is 1. The van der Waals surface area contributed by atoms with Gasteiger partial charge in [-0.15, -0.1) is 0 Å². The maximum atomic E-state index is 8.81. The maximum Gasteiger partial charge on any atom is 0.0431 e. The van der Waals surface area contributed by atoms with E-state index in [9.17, 15) is 0 Å². The van der Waals surface area contributed by atoms with E-state index >= 15 is 0 Å². The highest BCUT2D eigenvalue weighted by atomic mass is 16.2. The molecule has 0 amide bonds. The average Bonchev–Trinajstić information content (AvgIpc) is 2.98. The second-order valence-corrected chi connectivity index (χ2v) is 5.84. The van der Waals surface area contributed by atoms with Gasteiger partial charge in [-0.1, -0.05) is 18.2 Å². The summed E-state index contributed by atoms with van der Waals surface area (Å²) in [4.78, 5) is 4.92. The largest absolute Gasteiger partial charge is 0.396 e. The Balaban J connectivity index is 1.88. The molecular formula is C17H28N2O. The van der Waals surface area contributed by atoms with Gasteiger partial charge in [0.1, 0.15) is 0 Å². The van der Waals surface area contributed by atoms with Gasteiger partial charge in [-0.2, -0.15) is 0 Å². The molecule has 1 saturated heterocycles. The summed E-state index contributed by atoms with van der Waals surface area (Å²) in [6, 6.07) is 8.82. The van der Waals surface area contributed by atoms with Gasteiger partial charge in [0.05, 0.1) is 0 Å². The van der Waals surface area contributed by atoms with Crippen molar-refractivity contribution in [1.29, 1.82) is 0 Å². The number of unbranched alkanes of at least 4 members (excludes halogenated alkanes) is 2. The smallest absolute Gasteiger partial charge is 0.0431 e. The zero-order chi connectivity index (χ0) is 14.2. The summed E-state index contributed by atoms with van der Waals surface area (Å²) in [5, 5.41) is 8.81. The van der Waals surface area contributed by atoms with Crippen LogP contribution >= 0.6 is 0 Å². The molecule has 0 bridgehead atoms. The Labute approximate surface area is 123 Å². The molecule has 3 heteroatoms. The first-order valence-corrected chi connectivity index (χ1v) is 7.93. The van der Waals surface area contributed by atoms with E-state index < -0.39 is 0 Å². The molecule has 112 valence electrons. The summed E-state index contributed by atoms with van der Waals surface area (Å²) in [6.45, 7) is 4.86. The van der Waals surface area contributed by atoms with Crippen molar-refractivity contribution < 1.29 is 5.11 Å². The summed E-state index contributed by atoms with van der Waals surface area (Å²) in [5.41, 5.74) is 2.87. The highest BCUT2D eigenvalue weighted by Gasteiger charge is 2.15.